The minimum atomic E-state index is 0.892. The van der Waals surface area contributed by atoms with Crippen molar-refractivity contribution in [1.29, 1.82) is 0 Å². The van der Waals surface area contributed by atoms with Gasteiger partial charge in [0.15, 0.2) is 5.65 Å². The van der Waals surface area contributed by atoms with E-state index in [1.54, 1.807) is 0 Å². The molecule has 4 aromatic heterocycles. The maximum atomic E-state index is 5.15. The number of pyridine rings is 3. The second-order valence-electron chi connectivity index (χ2n) is 9.71. The van der Waals surface area contributed by atoms with Crippen molar-refractivity contribution in [1.82, 2.24) is 19.4 Å². The molecular formula is C31H18N4. The summed E-state index contributed by atoms with van der Waals surface area (Å²) < 4.78 is 2.25. The molecule has 0 amide bonds. The normalized spacial score (nSPS) is 13.5. The van der Waals surface area contributed by atoms with Crippen molar-refractivity contribution in [2.75, 3.05) is 0 Å². The van der Waals surface area contributed by atoms with Crippen LogP contribution in [0.25, 0.3) is 60.7 Å². The quantitative estimate of drug-likeness (QED) is 0.243. The van der Waals surface area contributed by atoms with E-state index in [9.17, 15) is 0 Å². The molecule has 0 aliphatic heterocycles. The van der Waals surface area contributed by atoms with Gasteiger partial charge in [0.25, 0.3) is 0 Å². The summed E-state index contributed by atoms with van der Waals surface area (Å²) in [7, 11) is 0. The lowest BCUT2D eigenvalue weighted by Gasteiger charge is -2.10. The molecule has 9 rings (SSSR count). The van der Waals surface area contributed by atoms with E-state index in [2.05, 4.69) is 70.0 Å². The first-order valence-corrected chi connectivity index (χ1v) is 12.0. The lowest BCUT2D eigenvalue weighted by atomic mass is 9.94. The monoisotopic (exact) mass is 446 g/mol. The Morgan fingerprint density at radius 2 is 1.51 bits per heavy atom. The predicted molar refractivity (Wildman–Crippen MR) is 140 cm³/mol. The summed E-state index contributed by atoms with van der Waals surface area (Å²) in [6.45, 7) is 0. The van der Waals surface area contributed by atoms with E-state index in [1.165, 1.54) is 44.5 Å². The molecule has 0 saturated carbocycles. The summed E-state index contributed by atoms with van der Waals surface area (Å²) >= 11 is 0. The van der Waals surface area contributed by atoms with Crippen LogP contribution in [0.15, 0.2) is 85.3 Å². The molecule has 35 heavy (non-hydrogen) atoms. The zero-order valence-corrected chi connectivity index (χ0v) is 18.8. The molecule has 7 aromatic rings. The van der Waals surface area contributed by atoms with Crippen LogP contribution in [-0.4, -0.2) is 19.4 Å². The van der Waals surface area contributed by atoms with Gasteiger partial charge >= 0.3 is 0 Å². The third-order valence-corrected chi connectivity index (χ3v) is 7.93. The van der Waals surface area contributed by atoms with Gasteiger partial charge in [0, 0.05) is 23.2 Å². The molecule has 0 radical (unpaired) electrons. The van der Waals surface area contributed by atoms with Crippen LogP contribution in [-0.2, 0) is 12.8 Å². The molecule has 3 aromatic carbocycles. The smallest absolute Gasteiger partial charge is 0.165 e. The van der Waals surface area contributed by atoms with Crippen LogP contribution in [0.2, 0.25) is 0 Å². The highest BCUT2D eigenvalue weighted by Gasteiger charge is 2.29. The zero-order chi connectivity index (χ0) is 22.7. The largest absolute Gasteiger partial charge is 0.289 e. The number of imidazole rings is 1. The van der Waals surface area contributed by atoms with Gasteiger partial charge in [-0.1, -0.05) is 42.5 Å². The first-order valence-electron chi connectivity index (χ1n) is 12.0. The van der Waals surface area contributed by atoms with Crippen molar-refractivity contribution < 1.29 is 0 Å². The second-order valence-corrected chi connectivity index (χ2v) is 9.71. The van der Waals surface area contributed by atoms with Crippen molar-refractivity contribution >= 4 is 38.5 Å². The number of nitrogens with zero attached hydrogens (tertiary/aromatic N) is 4. The average molecular weight is 447 g/mol. The summed E-state index contributed by atoms with van der Waals surface area (Å²) in [5.74, 6) is 0. The highest BCUT2D eigenvalue weighted by atomic mass is 15.0. The number of aromatic nitrogens is 4. The summed E-state index contributed by atoms with van der Waals surface area (Å²) in [6.07, 6.45) is 7.62. The van der Waals surface area contributed by atoms with Crippen LogP contribution < -0.4 is 0 Å². The number of hydrogen-bond acceptors (Lipinski definition) is 3. The van der Waals surface area contributed by atoms with Gasteiger partial charge in [-0.3, -0.25) is 14.4 Å². The lowest BCUT2D eigenvalue weighted by Crippen LogP contribution is -1.93. The molecule has 2 aliphatic carbocycles. The molecule has 0 atom stereocenters. The Hall–Kier alpha value is -4.57. The Balaban J connectivity index is 1.41. The Bertz CT molecular complexity index is 2070. The molecule has 4 heteroatoms. The maximum absolute atomic E-state index is 5.15. The minimum absolute atomic E-state index is 0.892. The number of rotatable bonds is 0. The van der Waals surface area contributed by atoms with E-state index < -0.39 is 0 Å². The first kappa shape index (κ1) is 17.8. The van der Waals surface area contributed by atoms with Crippen molar-refractivity contribution in [3.05, 3.63) is 108 Å². The van der Waals surface area contributed by atoms with Crippen LogP contribution in [0.3, 0.4) is 0 Å². The third kappa shape index (κ3) is 2.15. The van der Waals surface area contributed by atoms with E-state index in [1.807, 2.05) is 24.7 Å². The molecule has 0 unspecified atom stereocenters. The van der Waals surface area contributed by atoms with Gasteiger partial charge in [-0.15, -0.1) is 0 Å². The molecule has 0 fully saturated rings. The van der Waals surface area contributed by atoms with Crippen LogP contribution in [0.5, 0.6) is 0 Å². The summed E-state index contributed by atoms with van der Waals surface area (Å²) in [5.41, 5.74) is 16.2. The van der Waals surface area contributed by atoms with E-state index in [-0.39, 0.29) is 0 Å². The van der Waals surface area contributed by atoms with Gasteiger partial charge in [-0.05, 0) is 81.6 Å². The Morgan fingerprint density at radius 1 is 0.657 bits per heavy atom. The van der Waals surface area contributed by atoms with E-state index in [0.29, 0.717) is 0 Å². The van der Waals surface area contributed by atoms with E-state index in [4.69, 9.17) is 9.97 Å². The van der Waals surface area contributed by atoms with E-state index >= 15 is 0 Å². The molecule has 4 heterocycles. The summed E-state index contributed by atoms with van der Waals surface area (Å²) in [4.78, 5) is 14.3. The first-order chi connectivity index (χ1) is 17.3. The Labute approximate surface area is 200 Å². The summed E-state index contributed by atoms with van der Waals surface area (Å²) in [6, 6.07) is 24.4. The molecular weight excluding hydrogens is 428 g/mol. The topological polar surface area (TPSA) is 43.1 Å². The third-order valence-electron chi connectivity index (χ3n) is 7.93. The van der Waals surface area contributed by atoms with Gasteiger partial charge in [0.1, 0.15) is 5.52 Å². The second kappa shape index (κ2) is 6.10. The average Bonchev–Trinajstić information content (AvgIpc) is 3.58. The van der Waals surface area contributed by atoms with Crippen molar-refractivity contribution in [2.45, 2.75) is 12.8 Å². The molecule has 0 N–H and O–H groups in total. The highest BCUT2D eigenvalue weighted by Crippen LogP contribution is 2.50. The molecule has 0 spiro atoms. The SMILES string of the molecule is c1ccc2c(c1)Cc1ccc3c(c1-2)-c1cc2nc4c5ncccc5c5ccncc5n4c2cc1C3. The maximum Gasteiger partial charge on any atom is 0.165 e. The fraction of sp³-hybridized carbons (Fsp3) is 0.0645. The Morgan fingerprint density at radius 3 is 2.46 bits per heavy atom. The van der Waals surface area contributed by atoms with Gasteiger partial charge in [0.2, 0.25) is 0 Å². The number of benzene rings is 3. The van der Waals surface area contributed by atoms with E-state index in [0.717, 1.165) is 51.3 Å². The summed E-state index contributed by atoms with van der Waals surface area (Å²) in [5, 5.41) is 2.26. The standard InChI is InChI=1S/C31H18N4/c1-2-5-21-17(4-1)12-18-7-8-19-13-20-14-26-25(15-24(20)29(19)28(18)21)34-31-30-23(6-3-10-33-30)22-9-11-32-16-27(22)35(26)31/h1-11,14-16H,12-13H2. The molecule has 162 valence electrons. The zero-order valence-electron chi connectivity index (χ0n) is 18.8. The Kier molecular flexibility index (Phi) is 3.11. The lowest BCUT2D eigenvalue weighted by molar-refractivity contribution is 1.23. The van der Waals surface area contributed by atoms with Crippen molar-refractivity contribution in [3.63, 3.8) is 0 Å². The molecule has 2 aliphatic rings. The van der Waals surface area contributed by atoms with Gasteiger partial charge in [-0.25, -0.2) is 4.98 Å². The van der Waals surface area contributed by atoms with Crippen LogP contribution in [0.1, 0.15) is 22.3 Å². The fourth-order valence-corrected chi connectivity index (χ4v) is 6.47. The van der Waals surface area contributed by atoms with Gasteiger partial charge in [-0.2, -0.15) is 0 Å². The highest BCUT2D eigenvalue weighted by molar-refractivity contribution is 6.12. The van der Waals surface area contributed by atoms with Gasteiger partial charge in [0.05, 0.1) is 22.7 Å². The molecule has 0 bridgehead atoms. The molecule has 4 nitrogen and oxygen atoms in total. The predicted octanol–water partition coefficient (Wildman–Crippen LogP) is 6.73. The van der Waals surface area contributed by atoms with Crippen molar-refractivity contribution in [3.8, 4) is 22.3 Å². The number of hydrogen-bond donors (Lipinski definition) is 0. The minimum Gasteiger partial charge on any atom is -0.289 e. The molecule has 0 saturated heterocycles. The van der Waals surface area contributed by atoms with Crippen LogP contribution in [0, 0.1) is 0 Å². The van der Waals surface area contributed by atoms with Crippen LogP contribution in [0.4, 0.5) is 0 Å². The van der Waals surface area contributed by atoms with Crippen molar-refractivity contribution in [2.24, 2.45) is 0 Å². The van der Waals surface area contributed by atoms with Crippen LogP contribution >= 0.6 is 0 Å². The van der Waals surface area contributed by atoms with Gasteiger partial charge < -0.3 is 0 Å². The number of fused-ring (bicyclic) bond motifs is 15. The fourth-order valence-electron chi connectivity index (χ4n) is 6.47.